The van der Waals surface area contributed by atoms with Gasteiger partial charge < -0.3 is 15.8 Å². The highest BCUT2D eigenvalue weighted by Gasteiger charge is 2.32. The maximum absolute atomic E-state index is 12.4. The molecule has 0 heterocycles. The largest absolute Gasteiger partial charge is 0.484 e. The molecule has 0 aromatic heterocycles. The Morgan fingerprint density at radius 2 is 2.13 bits per heavy atom. The first kappa shape index (κ1) is 17.6. The van der Waals surface area contributed by atoms with Crippen molar-refractivity contribution in [2.45, 2.75) is 32.4 Å². The number of nitrogens with two attached hydrogens (primary N) is 1. The second kappa shape index (κ2) is 7.21. The van der Waals surface area contributed by atoms with Gasteiger partial charge in [0, 0.05) is 17.2 Å². The number of benzene rings is 1. The maximum atomic E-state index is 12.4. The third kappa shape index (κ3) is 4.60. The van der Waals surface area contributed by atoms with Crippen molar-refractivity contribution in [3.63, 3.8) is 0 Å². The zero-order valence-electron chi connectivity index (χ0n) is 13.0. The van der Waals surface area contributed by atoms with Gasteiger partial charge in [-0.3, -0.25) is 4.79 Å². The highest BCUT2D eigenvalue weighted by atomic mass is 19.4. The molecule has 7 heteroatoms. The van der Waals surface area contributed by atoms with Crippen molar-refractivity contribution in [1.29, 1.82) is 0 Å². The number of hydrogen-bond donors (Lipinski definition) is 2. The topological polar surface area (TPSA) is 64.4 Å². The number of ether oxygens (including phenoxy) is 1. The Hall–Kier alpha value is -1.76. The van der Waals surface area contributed by atoms with E-state index in [0.717, 1.165) is 19.3 Å². The molecule has 0 bridgehead atoms. The molecule has 4 nitrogen and oxygen atoms in total. The van der Waals surface area contributed by atoms with Crippen molar-refractivity contribution in [3.8, 4) is 5.75 Å². The summed E-state index contributed by atoms with van der Waals surface area (Å²) in [5, 5.41) is 2.80. The fourth-order valence-corrected chi connectivity index (χ4v) is 2.96. The Bertz CT molecular complexity index is 561. The Balaban J connectivity index is 2.07. The van der Waals surface area contributed by atoms with Gasteiger partial charge in [-0.2, -0.15) is 13.2 Å². The fourth-order valence-electron chi connectivity index (χ4n) is 2.96. The number of rotatable bonds is 5. The molecular formula is C16H21F3N2O2. The molecule has 0 radical (unpaired) electrons. The van der Waals surface area contributed by atoms with Crippen LogP contribution in [0, 0.1) is 18.8 Å². The summed E-state index contributed by atoms with van der Waals surface area (Å²) in [6.07, 6.45) is -1.71. The third-order valence-corrected chi connectivity index (χ3v) is 4.23. The predicted molar refractivity (Wildman–Crippen MR) is 81.2 cm³/mol. The summed E-state index contributed by atoms with van der Waals surface area (Å²) in [6.45, 7) is 0.727. The number of carbonyl (C=O) groups is 1. The van der Waals surface area contributed by atoms with Crippen LogP contribution in [-0.4, -0.2) is 25.2 Å². The number of alkyl halides is 3. The molecule has 1 fully saturated rings. The Labute approximate surface area is 133 Å². The van der Waals surface area contributed by atoms with Gasteiger partial charge in [0.25, 0.3) is 0 Å². The van der Waals surface area contributed by atoms with E-state index in [1.165, 1.54) is 6.07 Å². The molecule has 1 saturated carbocycles. The molecule has 3 N–H and O–H groups in total. The number of nitrogens with one attached hydrogen (secondary N) is 1. The lowest BCUT2D eigenvalue weighted by atomic mass is 9.95. The molecule has 128 valence electrons. The van der Waals surface area contributed by atoms with Crippen molar-refractivity contribution in [1.82, 2.24) is 0 Å². The standard InChI is InChI=1S/C16H21F3N2O2/c1-10-13(6-3-7-14(10)23-9-16(17,18)19)21-15(22)12-5-2-4-11(12)8-20/h3,6-7,11-12H,2,4-5,8-9,20H2,1H3,(H,21,22)/t11-,12-/m1/s1. The quantitative estimate of drug-likeness (QED) is 0.871. The number of halogens is 3. The smallest absolute Gasteiger partial charge is 0.422 e. The average molecular weight is 330 g/mol. The zero-order valence-corrected chi connectivity index (χ0v) is 13.0. The first-order valence-electron chi connectivity index (χ1n) is 7.62. The van der Waals surface area contributed by atoms with Crippen molar-refractivity contribution in [2.75, 3.05) is 18.5 Å². The van der Waals surface area contributed by atoms with Crippen molar-refractivity contribution in [3.05, 3.63) is 23.8 Å². The predicted octanol–water partition coefficient (Wildman–Crippen LogP) is 3.25. The Morgan fingerprint density at radius 3 is 2.78 bits per heavy atom. The van der Waals surface area contributed by atoms with Gasteiger partial charge in [-0.1, -0.05) is 12.5 Å². The lowest BCUT2D eigenvalue weighted by Crippen LogP contribution is -2.30. The molecule has 0 saturated heterocycles. The van der Waals surface area contributed by atoms with E-state index in [9.17, 15) is 18.0 Å². The van der Waals surface area contributed by atoms with Crippen LogP contribution >= 0.6 is 0 Å². The minimum absolute atomic E-state index is 0.113. The van der Waals surface area contributed by atoms with E-state index in [1.807, 2.05) is 0 Å². The molecule has 1 amide bonds. The first-order chi connectivity index (χ1) is 10.8. The van der Waals surface area contributed by atoms with Crippen LogP contribution in [0.1, 0.15) is 24.8 Å². The molecule has 2 atom stereocenters. The highest BCUT2D eigenvalue weighted by molar-refractivity contribution is 5.94. The van der Waals surface area contributed by atoms with Gasteiger partial charge in [0.15, 0.2) is 6.61 Å². The zero-order chi connectivity index (χ0) is 17.0. The first-order valence-corrected chi connectivity index (χ1v) is 7.62. The summed E-state index contributed by atoms with van der Waals surface area (Å²) in [5.74, 6) is 0.00932. The second-order valence-electron chi connectivity index (χ2n) is 5.85. The molecule has 0 spiro atoms. The van der Waals surface area contributed by atoms with Crippen LogP contribution < -0.4 is 15.8 Å². The van der Waals surface area contributed by atoms with Crippen molar-refractivity contribution in [2.24, 2.45) is 17.6 Å². The lowest BCUT2D eigenvalue weighted by molar-refractivity contribution is -0.153. The van der Waals surface area contributed by atoms with Crippen molar-refractivity contribution >= 4 is 11.6 Å². The Morgan fingerprint density at radius 1 is 1.39 bits per heavy atom. The lowest BCUT2D eigenvalue weighted by Gasteiger charge is -2.19. The molecule has 0 aliphatic heterocycles. The molecule has 2 rings (SSSR count). The molecule has 23 heavy (non-hydrogen) atoms. The van der Waals surface area contributed by atoms with E-state index in [4.69, 9.17) is 10.5 Å². The van der Waals surface area contributed by atoms with Gasteiger partial charge >= 0.3 is 6.18 Å². The summed E-state index contributed by atoms with van der Waals surface area (Å²) in [6, 6.07) is 4.67. The van der Waals surface area contributed by atoms with Gasteiger partial charge in [-0.05, 0) is 44.4 Å². The van der Waals surface area contributed by atoms with Gasteiger partial charge in [-0.15, -0.1) is 0 Å². The minimum Gasteiger partial charge on any atom is -0.484 e. The van der Waals surface area contributed by atoms with Gasteiger partial charge in [0.1, 0.15) is 5.75 Å². The fraction of sp³-hybridized carbons (Fsp3) is 0.562. The van der Waals surface area contributed by atoms with Crippen LogP contribution in [-0.2, 0) is 4.79 Å². The maximum Gasteiger partial charge on any atom is 0.422 e. The van der Waals surface area contributed by atoms with Gasteiger partial charge in [0.2, 0.25) is 5.91 Å². The number of hydrogen-bond acceptors (Lipinski definition) is 3. The highest BCUT2D eigenvalue weighted by Crippen LogP contribution is 2.33. The second-order valence-corrected chi connectivity index (χ2v) is 5.85. The van der Waals surface area contributed by atoms with Crippen LogP contribution in [0.4, 0.5) is 18.9 Å². The van der Waals surface area contributed by atoms with Gasteiger partial charge in [-0.25, -0.2) is 0 Å². The Kier molecular flexibility index (Phi) is 5.51. The van der Waals surface area contributed by atoms with Crippen LogP contribution in [0.2, 0.25) is 0 Å². The van der Waals surface area contributed by atoms with E-state index >= 15 is 0 Å². The van der Waals surface area contributed by atoms with E-state index in [0.29, 0.717) is 17.8 Å². The molecule has 0 unspecified atom stereocenters. The number of anilines is 1. The van der Waals surface area contributed by atoms with E-state index in [1.54, 1.807) is 19.1 Å². The molecule has 1 aliphatic rings. The molecule has 1 aromatic rings. The van der Waals surface area contributed by atoms with E-state index < -0.39 is 12.8 Å². The number of carbonyl (C=O) groups excluding carboxylic acids is 1. The molecule has 1 aromatic carbocycles. The SMILES string of the molecule is Cc1c(NC(=O)[C@@H]2CCC[C@@H]2CN)cccc1OCC(F)(F)F. The van der Waals surface area contributed by atoms with E-state index in [2.05, 4.69) is 5.32 Å². The average Bonchev–Trinajstić information content (AvgIpc) is 2.95. The number of amides is 1. The van der Waals surface area contributed by atoms with Crippen LogP contribution in [0.25, 0.3) is 0 Å². The summed E-state index contributed by atoms with van der Waals surface area (Å²) < 4.78 is 41.6. The summed E-state index contributed by atoms with van der Waals surface area (Å²) in [7, 11) is 0. The van der Waals surface area contributed by atoms with Crippen molar-refractivity contribution < 1.29 is 22.7 Å². The monoisotopic (exact) mass is 330 g/mol. The molecular weight excluding hydrogens is 309 g/mol. The summed E-state index contributed by atoms with van der Waals surface area (Å²) >= 11 is 0. The van der Waals surface area contributed by atoms with Crippen LogP contribution in [0.5, 0.6) is 5.75 Å². The summed E-state index contributed by atoms with van der Waals surface area (Å²) in [5.41, 5.74) is 6.63. The molecule has 1 aliphatic carbocycles. The van der Waals surface area contributed by atoms with E-state index in [-0.39, 0.29) is 23.5 Å². The normalized spacial score (nSPS) is 21.3. The minimum atomic E-state index is -4.40. The van der Waals surface area contributed by atoms with Gasteiger partial charge in [0.05, 0.1) is 0 Å². The summed E-state index contributed by atoms with van der Waals surface area (Å²) in [4.78, 5) is 12.4. The van der Waals surface area contributed by atoms with Crippen LogP contribution in [0.3, 0.4) is 0 Å². The third-order valence-electron chi connectivity index (χ3n) is 4.23. The van der Waals surface area contributed by atoms with Crippen LogP contribution in [0.15, 0.2) is 18.2 Å².